The standard InChI is InChI=1S/C19H23ClN2O2/c1-19(2,13-14-4-3-5-15(20)12-14)18(23)22-16-6-8-17(9-7-16)24-11-10-21/h3-9,12H,10-11,13,21H2,1-2H3,(H,22,23). The highest BCUT2D eigenvalue weighted by molar-refractivity contribution is 6.30. The van der Waals surface area contributed by atoms with Crippen molar-refractivity contribution >= 4 is 23.2 Å². The Morgan fingerprint density at radius 3 is 2.54 bits per heavy atom. The van der Waals surface area contributed by atoms with Gasteiger partial charge in [0, 0.05) is 22.7 Å². The monoisotopic (exact) mass is 346 g/mol. The highest BCUT2D eigenvalue weighted by Crippen LogP contribution is 2.26. The van der Waals surface area contributed by atoms with E-state index in [1.165, 1.54) is 0 Å². The first kappa shape index (κ1) is 18.3. The minimum atomic E-state index is -0.556. The number of halogens is 1. The molecule has 1 amide bonds. The molecule has 0 aliphatic heterocycles. The molecule has 2 aromatic rings. The fourth-order valence-electron chi connectivity index (χ4n) is 2.35. The molecule has 3 N–H and O–H groups in total. The lowest BCUT2D eigenvalue weighted by Gasteiger charge is -2.24. The number of rotatable bonds is 7. The normalized spacial score (nSPS) is 11.2. The molecule has 0 fully saturated rings. The van der Waals surface area contributed by atoms with Gasteiger partial charge in [0.2, 0.25) is 5.91 Å². The summed E-state index contributed by atoms with van der Waals surface area (Å²) in [5, 5.41) is 3.63. The van der Waals surface area contributed by atoms with Gasteiger partial charge in [0.15, 0.2) is 0 Å². The Balaban J connectivity index is 1.99. The molecular formula is C19H23ClN2O2. The van der Waals surface area contributed by atoms with Crippen molar-refractivity contribution in [2.45, 2.75) is 20.3 Å². The van der Waals surface area contributed by atoms with Gasteiger partial charge in [-0.15, -0.1) is 0 Å². The van der Waals surface area contributed by atoms with Gasteiger partial charge < -0.3 is 15.8 Å². The Morgan fingerprint density at radius 2 is 1.92 bits per heavy atom. The Kier molecular flexibility index (Phi) is 6.23. The molecule has 0 aliphatic carbocycles. The zero-order valence-electron chi connectivity index (χ0n) is 14.0. The molecule has 24 heavy (non-hydrogen) atoms. The Labute approximate surface area is 148 Å². The predicted molar refractivity (Wildman–Crippen MR) is 98.6 cm³/mol. The molecular weight excluding hydrogens is 324 g/mol. The number of carbonyl (C=O) groups is 1. The molecule has 0 spiro atoms. The number of carbonyl (C=O) groups excluding carboxylic acids is 1. The third-order valence-corrected chi connectivity index (χ3v) is 3.88. The number of amides is 1. The molecule has 2 aromatic carbocycles. The zero-order valence-corrected chi connectivity index (χ0v) is 14.8. The second-order valence-corrected chi connectivity index (χ2v) is 6.74. The summed E-state index contributed by atoms with van der Waals surface area (Å²) in [6.45, 7) is 4.78. The molecule has 0 atom stereocenters. The molecule has 0 heterocycles. The lowest BCUT2D eigenvalue weighted by Crippen LogP contribution is -2.32. The molecule has 4 nitrogen and oxygen atoms in total. The molecule has 0 saturated heterocycles. The van der Waals surface area contributed by atoms with Crippen LogP contribution in [-0.2, 0) is 11.2 Å². The molecule has 0 aromatic heterocycles. The van der Waals surface area contributed by atoms with Crippen molar-refractivity contribution in [3.8, 4) is 5.75 Å². The van der Waals surface area contributed by atoms with Gasteiger partial charge in [-0.05, 0) is 48.4 Å². The zero-order chi connectivity index (χ0) is 17.6. The van der Waals surface area contributed by atoms with Crippen LogP contribution in [0.15, 0.2) is 48.5 Å². The summed E-state index contributed by atoms with van der Waals surface area (Å²) in [5.74, 6) is 0.690. The van der Waals surface area contributed by atoms with E-state index in [2.05, 4.69) is 5.32 Å². The van der Waals surface area contributed by atoms with E-state index in [9.17, 15) is 4.79 Å². The van der Waals surface area contributed by atoms with Crippen LogP contribution in [0.5, 0.6) is 5.75 Å². The Bertz CT molecular complexity index is 684. The third-order valence-electron chi connectivity index (χ3n) is 3.65. The first-order chi connectivity index (χ1) is 11.4. The lowest BCUT2D eigenvalue weighted by atomic mass is 9.84. The number of benzene rings is 2. The first-order valence-corrected chi connectivity index (χ1v) is 8.27. The first-order valence-electron chi connectivity index (χ1n) is 7.89. The van der Waals surface area contributed by atoms with Gasteiger partial charge in [0.05, 0.1) is 0 Å². The predicted octanol–water partition coefficient (Wildman–Crippen LogP) is 3.88. The molecule has 0 saturated carbocycles. The summed E-state index contributed by atoms with van der Waals surface area (Å²) in [6, 6.07) is 14.9. The van der Waals surface area contributed by atoms with E-state index < -0.39 is 5.41 Å². The average molecular weight is 347 g/mol. The van der Waals surface area contributed by atoms with E-state index in [0.29, 0.717) is 24.6 Å². The van der Waals surface area contributed by atoms with Crippen LogP contribution in [0.3, 0.4) is 0 Å². The molecule has 0 bridgehead atoms. The average Bonchev–Trinajstić information content (AvgIpc) is 2.53. The van der Waals surface area contributed by atoms with Crippen molar-refractivity contribution in [2.75, 3.05) is 18.5 Å². The quantitative estimate of drug-likeness (QED) is 0.799. The summed E-state index contributed by atoms with van der Waals surface area (Å²) >= 11 is 6.01. The van der Waals surface area contributed by atoms with Gasteiger partial charge in [0.1, 0.15) is 12.4 Å². The summed E-state index contributed by atoms with van der Waals surface area (Å²) in [4.78, 5) is 12.6. The van der Waals surface area contributed by atoms with Gasteiger partial charge in [-0.2, -0.15) is 0 Å². The molecule has 2 rings (SSSR count). The number of hydrogen-bond acceptors (Lipinski definition) is 3. The number of ether oxygens (including phenoxy) is 1. The summed E-state index contributed by atoms with van der Waals surface area (Å²) in [6.07, 6.45) is 0.608. The van der Waals surface area contributed by atoms with E-state index >= 15 is 0 Å². The fourth-order valence-corrected chi connectivity index (χ4v) is 2.56. The summed E-state index contributed by atoms with van der Waals surface area (Å²) < 4.78 is 5.42. The summed E-state index contributed by atoms with van der Waals surface area (Å²) in [5.41, 5.74) is 6.62. The van der Waals surface area contributed by atoms with E-state index in [0.717, 1.165) is 17.0 Å². The van der Waals surface area contributed by atoms with E-state index in [1.807, 2.05) is 62.4 Å². The van der Waals surface area contributed by atoms with Crippen LogP contribution in [0, 0.1) is 5.41 Å². The highest BCUT2D eigenvalue weighted by Gasteiger charge is 2.28. The van der Waals surface area contributed by atoms with E-state index in [4.69, 9.17) is 22.1 Å². The van der Waals surface area contributed by atoms with Gasteiger partial charge in [-0.3, -0.25) is 4.79 Å². The second kappa shape index (κ2) is 8.18. The third kappa shape index (κ3) is 5.25. The molecule has 5 heteroatoms. The molecule has 0 aliphatic rings. The SMILES string of the molecule is CC(C)(Cc1cccc(Cl)c1)C(=O)Nc1ccc(OCCN)cc1. The maximum Gasteiger partial charge on any atom is 0.230 e. The largest absolute Gasteiger partial charge is 0.492 e. The van der Waals surface area contributed by atoms with E-state index in [-0.39, 0.29) is 5.91 Å². The van der Waals surface area contributed by atoms with Crippen molar-refractivity contribution in [1.29, 1.82) is 0 Å². The van der Waals surface area contributed by atoms with Crippen LogP contribution in [0.4, 0.5) is 5.69 Å². The van der Waals surface area contributed by atoms with Crippen LogP contribution >= 0.6 is 11.6 Å². The number of anilines is 1. The number of nitrogens with two attached hydrogens (primary N) is 1. The highest BCUT2D eigenvalue weighted by atomic mass is 35.5. The van der Waals surface area contributed by atoms with Crippen molar-refractivity contribution in [3.63, 3.8) is 0 Å². The van der Waals surface area contributed by atoms with Gasteiger partial charge >= 0.3 is 0 Å². The van der Waals surface area contributed by atoms with Crippen LogP contribution in [0.2, 0.25) is 5.02 Å². The van der Waals surface area contributed by atoms with Crippen LogP contribution in [-0.4, -0.2) is 19.1 Å². The Morgan fingerprint density at radius 1 is 1.21 bits per heavy atom. The van der Waals surface area contributed by atoms with Crippen molar-refractivity contribution in [3.05, 3.63) is 59.1 Å². The van der Waals surface area contributed by atoms with Crippen molar-refractivity contribution < 1.29 is 9.53 Å². The van der Waals surface area contributed by atoms with Gasteiger partial charge in [-0.1, -0.05) is 37.6 Å². The Hall–Kier alpha value is -2.04. The second-order valence-electron chi connectivity index (χ2n) is 6.31. The van der Waals surface area contributed by atoms with Crippen molar-refractivity contribution in [2.24, 2.45) is 11.1 Å². The van der Waals surface area contributed by atoms with Crippen LogP contribution < -0.4 is 15.8 Å². The minimum Gasteiger partial charge on any atom is -0.492 e. The van der Waals surface area contributed by atoms with Crippen LogP contribution in [0.25, 0.3) is 0 Å². The molecule has 0 unspecified atom stereocenters. The van der Waals surface area contributed by atoms with Crippen molar-refractivity contribution in [1.82, 2.24) is 0 Å². The molecule has 0 radical (unpaired) electrons. The van der Waals surface area contributed by atoms with E-state index in [1.54, 1.807) is 0 Å². The summed E-state index contributed by atoms with van der Waals surface area (Å²) in [7, 11) is 0. The maximum atomic E-state index is 12.6. The maximum absolute atomic E-state index is 12.6. The number of hydrogen-bond donors (Lipinski definition) is 2. The minimum absolute atomic E-state index is 0.0434. The lowest BCUT2D eigenvalue weighted by molar-refractivity contribution is -0.123. The van der Waals surface area contributed by atoms with Gasteiger partial charge in [-0.25, -0.2) is 0 Å². The van der Waals surface area contributed by atoms with Crippen LogP contribution in [0.1, 0.15) is 19.4 Å². The fraction of sp³-hybridized carbons (Fsp3) is 0.316. The van der Waals surface area contributed by atoms with Gasteiger partial charge in [0.25, 0.3) is 0 Å². The molecule has 128 valence electrons. The smallest absolute Gasteiger partial charge is 0.230 e. The topological polar surface area (TPSA) is 64.3 Å². The number of nitrogens with one attached hydrogen (secondary N) is 1.